The molecule has 0 saturated carbocycles. The van der Waals surface area contributed by atoms with Gasteiger partial charge in [0.25, 0.3) is 5.56 Å². The minimum atomic E-state index is -0.257. The number of nitrogens with zero attached hydrogens (tertiary/aromatic N) is 2. The molecule has 0 bridgehead atoms. The molecule has 0 atom stereocenters. The summed E-state index contributed by atoms with van der Waals surface area (Å²) in [5, 5.41) is 11.8. The second kappa shape index (κ2) is 6.67. The standard InChI is InChI=1S/C18H14N4O2/c1-24-15-8-4-13(5-9-15)16-10-17(23)22-18(21-16)20-14-6-2-12(11-19)3-7-14/h2-10H,1H3,(H2,20,21,22,23). The van der Waals surface area contributed by atoms with Crippen molar-refractivity contribution >= 4 is 11.6 Å². The van der Waals surface area contributed by atoms with Crippen molar-refractivity contribution in [3.8, 4) is 23.1 Å². The summed E-state index contributed by atoms with van der Waals surface area (Å²) in [6.07, 6.45) is 0. The number of hydrogen-bond acceptors (Lipinski definition) is 5. The van der Waals surface area contributed by atoms with Crippen molar-refractivity contribution < 1.29 is 4.74 Å². The normalized spacial score (nSPS) is 10.0. The van der Waals surface area contributed by atoms with E-state index < -0.39 is 0 Å². The van der Waals surface area contributed by atoms with Crippen LogP contribution in [0.15, 0.2) is 59.4 Å². The van der Waals surface area contributed by atoms with Gasteiger partial charge >= 0.3 is 0 Å². The maximum Gasteiger partial charge on any atom is 0.252 e. The average molecular weight is 318 g/mol. The molecule has 0 aliphatic heterocycles. The molecule has 0 amide bonds. The first kappa shape index (κ1) is 15.3. The summed E-state index contributed by atoms with van der Waals surface area (Å²) in [7, 11) is 1.60. The lowest BCUT2D eigenvalue weighted by Crippen LogP contribution is -2.10. The molecular formula is C18H14N4O2. The number of ether oxygens (including phenoxy) is 1. The number of nitriles is 1. The summed E-state index contributed by atoms with van der Waals surface area (Å²) in [4.78, 5) is 19.0. The predicted octanol–water partition coefficient (Wildman–Crippen LogP) is 3.06. The molecule has 0 unspecified atom stereocenters. The van der Waals surface area contributed by atoms with Crippen LogP contribution < -0.4 is 15.6 Å². The van der Waals surface area contributed by atoms with Gasteiger partial charge in [0.1, 0.15) is 5.75 Å². The molecule has 0 saturated heterocycles. The van der Waals surface area contributed by atoms with Crippen molar-refractivity contribution in [3.63, 3.8) is 0 Å². The summed E-state index contributed by atoms with van der Waals surface area (Å²) in [6.45, 7) is 0. The summed E-state index contributed by atoms with van der Waals surface area (Å²) >= 11 is 0. The fraction of sp³-hybridized carbons (Fsp3) is 0.0556. The molecule has 1 heterocycles. The van der Waals surface area contributed by atoms with Crippen LogP contribution in [0.3, 0.4) is 0 Å². The van der Waals surface area contributed by atoms with Gasteiger partial charge in [0.05, 0.1) is 24.4 Å². The zero-order valence-corrected chi connectivity index (χ0v) is 12.9. The van der Waals surface area contributed by atoms with E-state index in [-0.39, 0.29) is 5.56 Å². The number of methoxy groups -OCH3 is 1. The zero-order chi connectivity index (χ0) is 16.9. The maximum atomic E-state index is 11.9. The second-order valence-electron chi connectivity index (χ2n) is 5.02. The van der Waals surface area contributed by atoms with Crippen molar-refractivity contribution in [3.05, 3.63) is 70.5 Å². The van der Waals surface area contributed by atoms with Crippen LogP contribution in [-0.4, -0.2) is 17.1 Å². The van der Waals surface area contributed by atoms with Crippen molar-refractivity contribution in [1.29, 1.82) is 5.26 Å². The predicted molar refractivity (Wildman–Crippen MR) is 91.3 cm³/mol. The zero-order valence-electron chi connectivity index (χ0n) is 12.9. The molecule has 3 rings (SSSR count). The summed E-state index contributed by atoms with van der Waals surface area (Å²) < 4.78 is 5.13. The first-order valence-corrected chi connectivity index (χ1v) is 7.21. The molecule has 0 fully saturated rings. The van der Waals surface area contributed by atoms with Gasteiger partial charge in [-0.3, -0.25) is 9.78 Å². The average Bonchev–Trinajstić information content (AvgIpc) is 2.62. The van der Waals surface area contributed by atoms with E-state index >= 15 is 0 Å². The molecule has 0 aliphatic carbocycles. The molecule has 6 nitrogen and oxygen atoms in total. The lowest BCUT2D eigenvalue weighted by Gasteiger charge is -2.08. The monoisotopic (exact) mass is 318 g/mol. The van der Waals surface area contributed by atoms with E-state index in [4.69, 9.17) is 10.00 Å². The Morgan fingerprint density at radius 3 is 2.46 bits per heavy atom. The third-order valence-corrected chi connectivity index (χ3v) is 3.40. The van der Waals surface area contributed by atoms with Crippen LogP contribution in [0, 0.1) is 11.3 Å². The molecule has 0 aliphatic rings. The van der Waals surface area contributed by atoms with Gasteiger partial charge < -0.3 is 10.1 Å². The Bertz CT molecular complexity index is 938. The Morgan fingerprint density at radius 2 is 1.83 bits per heavy atom. The molecule has 118 valence electrons. The van der Waals surface area contributed by atoms with Crippen molar-refractivity contribution in [2.45, 2.75) is 0 Å². The van der Waals surface area contributed by atoms with Crippen molar-refractivity contribution in [2.24, 2.45) is 0 Å². The highest BCUT2D eigenvalue weighted by Crippen LogP contribution is 2.21. The number of hydrogen-bond donors (Lipinski definition) is 2. The Hall–Kier alpha value is -3.59. The quantitative estimate of drug-likeness (QED) is 0.771. The molecule has 2 N–H and O–H groups in total. The number of aromatic nitrogens is 2. The Kier molecular flexibility index (Phi) is 4.25. The van der Waals surface area contributed by atoms with Crippen LogP contribution in [0.2, 0.25) is 0 Å². The van der Waals surface area contributed by atoms with E-state index in [1.807, 2.05) is 24.3 Å². The number of nitrogens with one attached hydrogen (secondary N) is 2. The number of rotatable bonds is 4. The lowest BCUT2D eigenvalue weighted by molar-refractivity contribution is 0.415. The van der Waals surface area contributed by atoms with Crippen LogP contribution in [0.4, 0.5) is 11.6 Å². The lowest BCUT2D eigenvalue weighted by atomic mass is 10.1. The molecule has 3 aromatic rings. The van der Waals surface area contributed by atoms with Crippen molar-refractivity contribution in [1.82, 2.24) is 9.97 Å². The highest BCUT2D eigenvalue weighted by molar-refractivity contribution is 5.63. The second-order valence-corrected chi connectivity index (χ2v) is 5.02. The van der Waals surface area contributed by atoms with Crippen LogP contribution in [0.1, 0.15) is 5.56 Å². The van der Waals surface area contributed by atoms with Gasteiger partial charge in [-0.15, -0.1) is 0 Å². The first-order chi connectivity index (χ1) is 11.7. The van der Waals surface area contributed by atoms with Gasteiger partial charge in [-0.1, -0.05) is 0 Å². The molecule has 6 heteroatoms. The van der Waals surface area contributed by atoms with Crippen LogP contribution in [0.5, 0.6) is 5.75 Å². The van der Waals surface area contributed by atoms with Gasteiger partial charge in [0.15, 0.2) is 0 Å². The Labute approximate surface area is 138 Å². The maximum absolute atomic E-state index is 11.9. The highest BCUT2D eigenvalue weighted by Gasteiger charge is 2.05. The number of H-pyrrole nitrogens is 1. The van der Waals surface area contributed by atoms with Gasteiger partial charge in [-0.25, -0.2) is 4.98 Å². The summed E-state index contributed by atoms with van der Waals surface area (Å²) in [5.41, 5.74) is 2.40. The molecular weight excluding hydrogens is 304 g/mol. The molecule has 0 radical (unpaired) electrons. The summed E-state index contributed by atoms with van der Waals surface area (Å²) in [6, 6.07) is 17.7. The molecule has 1 aromatic heterocycles. The minimum Gasteiger partial charge on any atom is -0.497 e. The van der Waals surface area contributed by atoms with Gasteiger partial charge in [-0.05, 0) is 48.5 Å². The number of anilines is 2. The largest absolute Gasteiger partial charge is 0.497 e. The van der Waals surface area contributed by atoms with Crippen LogP contribution >= 0.6 is 0 Å². The Morgan fingerprint density at radius 1 is 1.12 bits per heavy atom. The molecule has 24 heavy (non-hydrogen) atoms. The van der Waals surface area contributed by atoms with Gasteiger partial charge in [0, 0.05) is 17.3 Å². The minimum absolute atomic E-state index is 0.257. The summed E-state index contributed by atoms with van der Waals surface area (Å²) in [5.74, 6) is 1.07. The number of benzene rings is 2. The molecule has 0 spiro atoms. The fourth-order valence-corrected chi connectivity index (χ4v) is 2.19. The SMILES string of the molecule is COc1ccc(-c2cc(=O)[nH]c(Nc3ccc(C#N)cc3)n2)cc1. The van der Waals surface area contributed by atoms with E-state index in [2.05, 4.69) is 21.4 Å². The van der Waals surface area contributed by atoms with Gasteiger partial charge in [0.2, 0.25) is 5.95 Å². The van der Waals surface area contributed by atoms with E-state index in [1.165, 1.54) is 6.07 Å². The van der Waals surface area contributed by atoms with E-state index in [9.17, 15) is 4.79 Å². The third-order valence-electron chi connectivity index (χ3n) is 3.40. The number of aromatic amines is 1. The third kappa shape index (κ3) is 3.42. The van der Waals surface area contributed by atoms with Crippen molar-refractivity contribution in [2.75, 3.05) is 12.4 Å². The van der Waals surface area contributed by atoms with E-state index in [1.54, 1.807) is 31.4 Å². The topological polar surface area (TPSA) is 90.8 Å². The van der Waals surface area contributed by atoms with E-state index in [0.717, 1.165) is 17.0 Å². The smallest absolute Gasteiger partial charge is 0.252 e. The first-order valence-electron chi connectivity index (χ1n) is 7.21. The molecule has 2 aromatic carbocycles. The fourth-order valence-electron chi connectivity index (χ4n) is 2.19. The van der Waals surface area contributed by atoms with Crippen LogP contribution in [0.25, 0.3) is 11.3 Å². The van der Waals surface area contributed by atoms with Gasteiger partial charge in [-0.2, -0.15) is 5.26 Å². The van der Waals surface area contributed by atoms with Crippen LogP contribution in [-0.2, 0) is 0 Å². The van der Waals surface area contributed by atoms with E-state index in [0.29, 0.717) is 17.2 Å². The Balaban J connectivity index is 1.90. The highest BCUT2D eigenvalue weighted by atomic mass is 16.5.